The first-order valence-corrected chi connectivity index (χ1v) is 7.59. The van der Waals surface area contributed by atoms with Gasteiger partial charge >= 0.3 is 6.09 Å². The van der Waals surface area contributed by atoms with Gasteiger partial charge in [0.2, 0.25) is 0 Å². The van der Waals surface area contributed by atoms with Gasteiger partial charge in [-0.1, -0.05) is 23.8 Å². The maximum absolute atomic E-state index is 10.6. The molecule has 0 saturated heterocycles. The van der Waals surface area contributed by atoms with Crippen LogP contribution >= 0.6 is 0 Å². The zero-order valence-electron chi connectivity index (χ0n) is 13.4. The van der Waals surface area contributed by atoms with E-state index in [1.807, 2.05) is 48.0 Å². The quantitative estimate of drug-likeness (QED) is 0.707. The van der Waals surface area contributed by atoms with Gasteiger partial charge < -0.3 is 10.4 Å². The smallest absolute Gasteiger partial charge is 0.404 e. The molecular weight excluding hydrogens is 304 g/mol. The van der Waals surface area contributed by atoms with Crippen LogP contribution in [0.15, 0.2) is 49.3 Å². The summed E-state index contributed by atoms with van der Waals surface area (Å²) in [7, 11) is 0. The molecule has 3 aromatic rings. The molecule has 0 saturated carbocycles. The van der Waals surface area contributed by atoms with E-state index >= 15 is 0 Å². The number of nitrogens with zero attached hydrogens (tertiary/aromatic N) is 3. The molecule has 6 nitrogen and oxygen atoms in total. The van der Waals surface area contributed by atoms with Gasteiger partial charge in [-0.3, -0.25) is 4.57 Å². The molecule has 0 atom stereocenters. The third-order valence-corrected chi connectivity index (χ3v) is 3.72. The maximum atomic E-state index is 10.6. The summed E-state index contributed by atoms with van der Waals surface area (Å²) in [5, 5.41) is 11.0. The van der Waals surface area contributed by atoms with Crippen molar-refractivity contribution < 1.29 is 9.90 Å². The molecule has 0 aliphatic carbocycles. The lowest BCUT2D eigenvalue weighted by Gasteiger charge is -2.05. The van der Waals surface area contributed by atoms with Crippen LogP contribution in [0, 0.1) is 6.92 Å². The Morgan fingerprint density at radius 3 is 2.79 bits per heavy atom. The Labute approximate surface area is 139 Å². The largest absolute Gasteiger partial charge is 0.465 e. The average molecular weight is 322 g/mol. The molecule has 2 N–H and O–H groups in total. The highest BCUT2D eigenvalue weighted by molar-refractivity contribution is 5.78. The van der Waals surface area contributed by atoms with E-state index in [2.05, 4.69) is 21.9 Å². The van der Waals surface area contributed by atoms with Gasteiger partial charge in [0.15, 0.2) is 5.65 Å². The number of carbonyl (C=O) groups is 1. The fraction of sp³-hybridized carbons (Fsp3) is 0.167. The van der Waals surface area contributed by atoms with Gasteiger partial charge in [-0.2, -0.15) is 0 Å². The average Bonchev–Trinajstić information content (AvgIpc) is 2.92. The first-order valence-electron chi connectivity index (χ1n) is 7.59. The minimum Gasteiger partial charge on any atom is -0.465 e. The minimum atomic E-state index is -1.08. The first-order chi connectivity index (χ1) is 11.6. The minimum absolute atomic E-state index is 0.127. The fourth-order valence-electron chi connectivity index (χ4n) is 2.55. The maximum Gasteiger partial charge on any atom is 0.404 e. The predicted octanol–water partition coefficient (Wildman–Crippen LogP) is 3.23. The molecule has 3 rings (SSSR count). The predicted molar refractivity (Wildman–Crippen MR) is 92.4 cm³/mol. The van der Waals surface area contributed by atoms with Gasteiger partial charge in [-0.25, -0.2) is 14.8 Å². The number of aryl methyl sites for hydroxylation is 1. The number of hydrogen-bond donors (Lipinski definition) is 2. The van der Waals surface area contributed by atoms with Crippen molar-refractivity contribution >= 4 is 17.3 Å². The summed E-state index contributed by atoms with van der Waals surface area (Å²) in [5.41, 5.74) is 5.29. The van der Waals surface area contributed by atoms with Crippen LogP contribution < -0.4 is 5.32 Å². The molecule has 6 heteroatoms. The van der Waals surface area contributed by atoms with Crippen LogP contribution in [0.3, 0.4) is 0 Å². The number of rotatable bonds is 5. The van der Waals surface area contributed by atoms with E-state index in [4.69, 9.17) is 5.11 Å². The number of benzene rings is 1. The Kier molecular flexibility index (Phi) is 4.29. The van der Waals surface area contributed by atoms with E-state index < -0.39 is 6.09 Å². The van der Waals surface area contributed by atoms with Crippen LogP contribution in [0.1, 0.15) is 16.8 Å². The second-order valence-corrected chi connectivity index (χ2v) is 5.54. The SMILES string of the molecule is C=CCc1cn(-c2ccc(C)cc2)c2ncc(CNC(=O)O)nc12. The van der Waals surface area contributed by atoms with Crippen molar-refractivity contribution in [2.75, 3.05) is 0 Å². The Morgan fingerprint density at radius 2 is 2.12 bits per heavy atom. The van der Waals surface area contributed by atoms with E-state index in [0.29, 0.717) is 12.1 Å². The number of amides is 1. The molecule has 2 heterocycles. The summed E-state index contributed by atoms with van der Waals surface area (Å²) in [4.78, 5) is 19.7. The van der Waals surface area contributed by atoms with Crippen molar-refractivity contribution in [2.24, 2.45) is 0 Å². The molecule has 1 amide bonds. The lowest BCUT2D eigenvalue weighted by atomic mass is 10.2. The second-order valence-electron chi connectivity index (χ2n) is 5.54. The van der Waals surface area contributed by atoms with Crippen molar-refractivity contribution in [1.82, 2.24) is 19.9 Å². The third kappa shape index (κ3) is 3.12. The van der Waals surface area contributed by atoms with Gasteiger partial charge in [-0.15, -0.1) is 6.58 Å². The van der Waals surface area contributed by atoms with Crippen molar-refractivity contribution in [1.29, 1.82) is 0 Å². The topological polar surface area (TPSA) is 80.0 Å². The number of fused-ring (bicyclic) bond motifs is 1. The van der Waals surface area contributed by atoms with Crippen molar-refractivity contribution in [3.63, 3.8) is 0 Å². The molecular formula is C18H18N4O2. The van der Waals surface area contributed by atoms with Crippen LogP contribution in [0.2, 0.25) is 0 Å². The molecule has 0 bridgehead atoms. The molecule has 24 heavy (non-hydrogen) atoms. The van der Waals surface area contributed by atoms with Crippen LogP contribution in [0.4, 0.5) is 4.79 Å². The van der Waals surface area contributed by atoms with Gasteiger partial charge in [0.1, 0.15) is 5.52 Å². The second kappa shape index (κ2) is 6.54. The van der Waals surface area contributed by atoms with Gasteiger partial charge in [0.05, 0.1) is 18.4 Å². The Bertz CT molecular complexity index is 897. The first kappa shape index (κ1) is 15.7. The van der Waals surface area contributed by atoms with Gasteiger partial charge in [0.25, 0.3) is 0 Å². The number of carboxylic acid groups (broad SMARTS) is 1. The number of hydrogen-bond acceptors (Lipinski definition) is 3. The summed E-state index contributed by atoms with van der Waals surface area (Å²) in [5.74, 6) is 0. The zero-order valence-corrected chi connectivity index (χ0v) is 13.4. The highest BCUT2D eigenvalue weighted by Gasteiger charge is 2.13. The standard InChI is InChI=1S/C18H18N4O2/c1-3-4-13-11-22(15-7-5-12(2)6-8-15)17-16(13)21-14(9-19-17)10-20-18(23)24/h3,5-9,11,20H,1,4,10H2,2H3,(H,23,24). The molecule has 0 fully saturated rings. The van der Waals surface area contributed by atoms with Crippen LogP contribution in [0.5, 0.6) is 0 Å². The Balaban J connectivity index is 2.08. The van der Waals surface area contributed by atoms with E-state index in [0.717, 1.165) is 22.4 Å². The van der Waals surface area contributed by atoms with Crippen LogP contribution in [-0.2, 0) is 13.0 Å². The molecule has 1 aromatic carbocycles. The normalized spacial score (nSPS) is 10.7. The molecule has 122 valence electrons. The van der Waals surface area contributed by atoms with Crippen molar-refractivity contribution in [3.05, 3.63) is 66.1 Å². The molecule has 0 radical (unpaired) electrons. The molecule has 0 aliphatic heterocycles. The molecule has 2 aromatic heterocycles. The Hall–Kier alpha value is -3.15. The van der Waals surface area contributed by atoms with Crippen LogP contribution in [-0.4, -0.2) is 25.7 Å². The summed E-state index contributed by atoms with van der Waals surface area (Å²) in [6.07, 6.45) is 5.00. The van der Waals surface area contributed by atoms with Gasteiger partial charge in [-0.05, 0) is 25.5 Å². The number of nitrogens with one attached hydrogen (secondary N) is 1. The molecule has 0 spiro atoms. The van der Waals surface area contributed by atoms with Crippen molar-refractivity contribution in [3.8, 4) is 5.69 Å². The highest BCUT2D eigenvalue weighted by atomic mass is 16.4. The lowest BCUT2D eigenvalue weighted by Crippen LogP contribution is -2.20. The Morgan fingerprint density at radius 1 is 1.38 bits per heavy atom. The molecule has 0 aliphatic rings. The van der Waals surface area contributed by atoms with E-state index in [1.165, 1.54) is 5.56 Å². The van der Waals surface area contributed by atoms with E-state index in [-0.39, 0.29) is 6.54 Å². The third-order valence-electron chi connectivity index (χ3n) is 3.72. The summed E-state index contributed by atoms with van der Waals surface area (Å²) in [6, 6.07) is 8.17. The molecule has 0 unspecified atom stereocenters. The lowest BCUT2D eigenvalue weighted by molar-refractivity contribution is 0.194. The van der Waals surface area contributed by atoms with E-state index in [1.54, 1.807) is 6.20 Å². The zero-order chi connectivity index (χ0) is 17.1. The van der Waals surface area contributed by atoms with Gasteiger partial charge in [0, 0.05) is 17.4 Å². The monoisotopic (exact) mass is 322 g/mol. The summed E-state index contributed by atoms with van der Waals surface area (Å²) < 4.78 is 2.00. The van der Waals surface area contributed by atoms with Crippen LogP contribution in [0.25, 0.3) is 16.9 Å². The van der Waals surface area contributed by atoms with Crippen molar-refractivity contribution in [2.45, 2.75) is 19.9 Å². The fourth-order valence-corrected chi connectivity index (χ4v) is 2.55. The van der Waals surface area contributed by atoms with E-state index in [9.17, 15) is 4.79 Å². The number of aromatic nitrogens is 3. The summed E-state index contributed by atoms with van der Waals surface area (Å²) >= 11 is 0. The highest BCUT2D eigenvalue weighted by Crippen LogP contribution is 2.23. The number of allylic oxidation sites excluding steroid dienone is 1. The summed E-state index contributed by atoms with van der Waals surface area (Å²) in [6.45, 7) is 5.96.